The van der Waals surface area contributed by atoms with Gasteiger partial charge in [0.2, 0.25) is 17.7 Å². The minimum Gasteiger partial charge on any atom is -0.379 e. The SMILES string of the molecule is C[C@H](NC(=O)CN1CCOCC1)C(=O)N[C@@H](Cc1ccn(C)c(=O)c1)C(=O)N[C@@H](CC1=CCCC1)C(=O)[C@]1(C)CO1. The molecule has 3 heterocycles. The maximum atomic E-state index is 13.7. The summed E-state index contributed by atoms with van der Waals surface area (Å²) in [4.78, 5) is 66.8. The first-order valence-electron chi connectivity index (χ1n) is 14.3. The summed E-state index contributed by atoms with van der Waals surface area (Å²) in [7, 11) is 1.62. The summed E-state index contributed by atoms with van der Waals surface area (Å²) in [5, 5.41) is 8.29. The molecule has 0 bridgehead atoms. The molecule has 4 atom stereocenters. The second-order valence-electron chi connectivity index (χ2n) is 11.3. The zero-order valence-corrected chi connectivity index (χ0v) is 24.1. The Kier molecular flexibility index (Phi) is 10.1. The molecule has 3 N–H and O–H groups in total. The molecule has 2 fully saturated rings. The number of rotatable bonds is 13. The van der Waals surface area contributed by atoms with Crippen molar-refractivity contribution in [2.24, 2.45) is 7.05 Å². The Morgan fingerprint density at radius 3 is 2.39 bits per heavy atom. The van der Waals surface area contributed by atoms with E-state index in [-0.39, 0.29) is 30.2 Å². The minimum atomic E-state index is -1.09. The first kappa shape index (κ1) is 30.6. The minimum absolute atomic E-state index is 0.0273. The average Bonchev–Trinajstić information content (AvgIpc) is 3.48. The standard InChI is InChI=1S/C29H41N5O7/c1-19(30-24(35)17-34-10-12-40-13-11-34)27(38)32-23(15-21-8-9-33(3)25(36)16-21)28(39)31-22(14-20-6-4-5-7-20)26(37)29(2)18-41-29/h6,8-9,16,19,22-23H,4-5,7,10-15,17-18H2,1-3H3,(H,30,35)(H,31,39)(H,32,38)/t19-,22-,23-,29-/m0/s1. The molecule has 2 saturated heterocycles. The van der Waals surface area contributed by atoms with Crippen LogP contribution >= 0.6 is 0 Å². The number of morpholine rings is 1. The van der Waals surface area contributed by atoms with Crippen molar-refractivity contribution in [2.75, 3.05) is 39.5 Å². The van der Waals surface area contributed by atoms with Crippen LogP contribution in [-0.4, -0.2) is 96.2 Å². The van der Waals surface area contributed by atoms with Crippen LogP contribution in [0.3, 0.4) is 0 Å². The molecule has 224 valence electrons. The van der Waals surface area contributed by atoms with E-state index < -0.39 is 35.5 Å². The number of ketones is 1. The summed E-state index contributed by atoms with van der Waals surface area (Å²) in [6, 6.07) is 0.293. The molecule has 2 aliphatic heterocycles. The molecule has 0 saturated carbocycles. The quantitative estimate of drug-likeness (QED) is 0.214. The highest BCUT2D eigenvalue weighted by Gasteiger charge is 2.50. The number of nitrogens with one attached hydrogen (secondary N) is 3. The fraction of sp³-hybridized carbons (Fsp3) is 0.621. The molecular weight excluding hydrogens is 530 g/mol. The number of aromatic nitrogens is 1. The smallest absolute Gasteiger partial charge is 0.250 e. The van der Waals surface area contributed by atoms with Crippen LogP contribution in [-0.2, 0) is 42.1 Å². The average molecular weight is 572 g/mol. The number of carbonyl (C=O) groups is 4. The van der Waals surface area contributed by atoms with Crippen molar-refractivity contribution in [3.63, 3.8) is 0 Å². The van der Waals surface area contributed by atoms with E-state index in [0.29, 0.717) is 44.9 Å². The monoisotopic (exact) mass is 571 g/mol. The summed E-state index contributed by atoms with van der Waals surface area (Å²) in [6.07, 6.45) is 6.91. The van der Waals surface area contributed by atoms with Gasteiger partial charge in [-0.2, -0.15) is 0 Å². The van der Waals surface area contributed by atoms with Crippen LogP contribution in [0, 0.1) is 0 Å². The third kappa shape index (κ3) is 8.57. The number of amides is 3. The van der Waals surface area contributed by atoms with Crippen LogP contribution in [0.4, 0.5) is 0 Å². The van der Waals surface area contributed by atoms with E-state index >= 15 is 0 Å². The van der Waals surface area contributed by atoms with Crippen molar-refractivity contribution in [3.05, 3.63) is 45.9 Å². The zero-order valence-electron chi connectivity index (χ0n) is 24.1. The Morgan fingerprint density at radius 1 is 1.05 bits per heavy atom. The fourth-order valence-corrected chi connectivity index (χ4v) is 5.06. The van der Waals surface area contributed by atoms with E-state index in [1.165, 1.54) is 10.6 Å². The molecule has 1 aromatic heterocycles. The van der Waals surface area contributed by atoms with Crippen molar-refractivity contribution in [3.8, 4) is 0 Å². The second kappa shape index (κ2) is 13.5. The predicted octanol–water partition coefficient (Wildman–Crippen LogP) is -0.407. The lowest BCUT2D eigenvalue weighted by molar-refractivity contribution is -0.134. The Hall–Kier alpha value is -3.35. The molecule has 0 unspecified atom stereocenters. The number of hydrogen-bond acceptors (Lipinski definition) is 8. The molecule has 3 amide bonds. The number of pyridine rings is 1. The molecule has 4 rings (SSSR count). The molecule has 41 heavy (non-hydrogen) atoms. The third-order valence-electron chi connectivity index (χ3n) is 7.82. The molecule has 0 spiro atoms. The Morgan fingerprint density at radius 2 is 1.76 bits per heavy atom. The van der Waals surface area contributed by atoms with Crippen LogP contribution in [0.1, 0.15) is 45.1 Å². The number of ether oxygens (including phenoxy) is 2. The van der Waals surface area contributed by atoms with E-state index in [0.717, 1.165) is 24.8 Å². The highest BCUT2D eigenvalue weighted by atomic mass is 16.6. The highest BCUT2D eigenvalue weighted by molar-refractivity contribution is 5.98. The maximum absolute atomic E-state index is 13.7. The summed E-state index contributed by atoms with van der Waals surface area (Å²) in [5.41, 5.74) is 0.477. The predicted molar refractivity (Wildman–Crippen MR) is 150 cm³/mol. The molecule has 3 aliphatic rings. The first-order valence-corrected chi connectivity index (χ1v) is 14.3. The van der Waals surface area contributed by atoms with E-state index in [1.54, 1.807) is 33.2 Å². The molecule has 0 aromatic carbocycles. The van der Waals surface area contributed by atoms with E-state index in [9.17, 15) is 24.0 Å². The van der Waals surface area contributed by atoms with Gasteiger partial charge in [-0.05, 0) is 51.2 Å². The third-order valence-corrected chi connectivity index (χ3v) is 7.82. The van der Waals surface area contributed by atoms with Crippen LogP contribution in [0.5, 0.6) is 0 Å². The normalized spacial score (nSPS) is 22.7. The van der Waals surface area contributed by atoms with Gasteiger partial charge in [-0.1, -0.05) is 11.6 Å². The van der Waals surface area contributed by atoms with Gasteiger partial charge in [0.25, 0.3) is 5.56 Å². The highest BCUT2D eigenvalue weighted by Crippen LogP contribution is 2.31. The molecule has 12 nitrogen and oxygen atoms in total. The van der Waals surface area contributed by atoms with E-state index in [1.807, 2.05) is 4.90 Å². The fourth-order valence-electron chi connectivity index (χ4n) is 5.06. The molecular formula is C29H41N5O7. The first-order chi connectivity index (χ1) is 19.5. The topological polar surface area (TPSA) is 151 Å². The Balaban J connectivity index is 1.46. The number of hydrogen-bond donors (Lipinski definition) is 3. The number of carbonyl (C=O) groups excluding carboxylic acids is 4. The number of allylic oxidation sites excluding steroid dienone is 1. The number of epoxide rings is 1. The number of nitrogens with zero attached hydrogens (tertiary/aromatic N) is 2. The van der Waals surface area contributed by atoms with Gasteiger partial charge in [0.05, 0.1) is 32.4 Å². The van der Waals surface area contributed by atoms with E-state index in [4.69, 9.17) is 9.47 Å². The summed E-state index contributed by atoms with van der Waals surface area (Å²) < 4.78 is 12.1. The van der Waals surface area contributed by atoms with Crippen LogP contribution in [0.2, 0.25) is 0 Å². The van der Waals surface area contributed by atoms with Crippen LogP contribution in [0.15, 0.2) is 34.8 Å². The lowest BCUT2D eigenvalue weighted by Crippen LogP contribution is -2.57. The van der Waals surface area contributed by atoms with Gasteiger partial charge in [-0.25, -0.2) is 0 Å². The van der Waals surface area contributed by atoms with Gasteiger partial charge in [0.15, 0.2) is 5.78 Å². The van der Waals surface area contributed by atoms with Crippen molar-refractivity contribution in [1.82, 2.24) is 25.4 Å². The lowest BCUT2D eigenvalue weighted by atomic mass is 9.94. The Bertz CT molecular complexity index is 1230. The van der Waals surface area contributed by atoms with Gasteiger partial charge in [-0.15, -0.1) is 0 Å². The van der Waals surface area contributed by atoms with Gasteiger partial charge >= 0.3 is 0 Å². The summed E-state index contributed by atoms with van der Waals surface area (Å²) in [6.45, 7) is 6.05. The zero-order chi connectivity index (χ0) is 29.6. The molecule has 0 radical (unpaired) electrons. The molecule has 1 aliphatic carbocycles. The van der Waals surface area contributed by atoms with Crippen molar-refractivity contribution >= 4 is 23.5 Å². The van der Waals surface area contributed by atoms with Gasteiger partial charge in [0, 0.05) is 38.8 Å². The van der Waals surface area contributed by atoms with Gasteiger partial charge < -0.3 is 30.0 Å². The van der Waals surface area contributed by atoms with Gasteiger partial charge in [0.1, 0.15) is 17.7 Å². The van der Waals surface area contributed by atoms with Crippen LogP contribution < -0.4 is 21.5 Å². The van der Waals surface area contributed by atoms with Gasteiger partial charge in [-0.3, -0.25) is 28.9 Å². The van der Waals surface area contributed by atoms with Crippen molar-refractivity contribution in [2.45, 2.75) is 69.7 Å². The summed E-state index contributed by atoms with van der Waals surface area (Å²) in [5.74, 6) is -1.62. The van der Waals surface area contributed by atoms with E-state index in [2.05, 4.69) is 22.0 Å². The van der Waals surface area contributed by atoms with Crippen molar-refractivity contribution < 1.29 is 28.7 Å². The lowest BCUT2D eigenvalue weighted by Gasteiger charge is -2.27. The molecule has 1 aromatic rings. The van der Waals surface area contributed by atoms with Crippen molar-refractivity contribution in [1.29, 1.82) is 0 Å². The maximum Gasteiger partial charge on any atom is 0.250 e. The largest absolute Gasteiger partial charge is 0.379 e. The Labute approximate surface area is 239 Å². The molecule has 12 heteroatoms. The number of Topliss-reactive ketones (excluding diaryl/α,β-unsaturated/α-hetero) is 1. The van der Waals surface area contributed by atoms with Crippen LogP contribution in [0.25, 0.3) is 0 Å². The summed E-state index contributed by atoms with van der Waals surface area (Å²) >= 11 is 0. The second-order valence-corrected chi connectivity index (χ2v) is 11.3. The number of aryl methyl sites for hydroxylation is 1.